The summed E-state index contributed by atoms with van der Waals surface area (Å²) in [5.41, 5.74) is 9.85. The molecule has 0 saturated carbocycles. The Kier molecular flexibility index (Phi) is 5.11. The Morgan fingerprint density at radius 3 is 2.27 bits per heavy atom. The van der Waals surface area contributed by atoms with Crippen molar-refractivity contribution in [2.24, 2.45) is 5.10 Å². The summed E-state index contributed by atoms with van der Waals surface area (Å²) in [6.45, 7) is 1.96. The Labute approximate surface area is 195 Å². The van der Waals surface area contributed by atoms with Crippen LogP contribution in [0.3, 0.4) is 0 Å². The zero-order valence-electron chi connectivity index (χ0n) is 17.5. The molecule has 0 saturated heterocycles. The van der Waals surface area contributed by atoms with Crippen molar-refractivity contribution in [2.45, 2.75) is 16.7 Å². The van der Waals surface area contributed by atoms with E-state index in [0.717, 1.165) is 11.1 Å². The zero-order chi connectivity index (χ0) is 23.2. The van der Waals surface area contributed by atoms with E-state index in [0.29, 0.717) is 16.1 Å². The molecule has 3 aromatic carbocycles. The summed E-state index contributed by atoms with van der Waals surface area (Å²) in [7, 11) is -4.03. The number of fused-ring (bicyclic) bond motifs is 2. The van der Waals surface area contributed by atoms with Gasteiger partial charge in [-0.2, -0.15) is 9.78 Å². The monoisotopic (exact) mass is 475 g/mol. The van der Waals surface area contributed by atoms with Gasteiger partial charge in [0, 0.05) is 5.02 Å². The van der Waals surface area contributed by atoms with Crippen LogP contribution in [0, 0.1) is 6.92 Å². The summed E-state index contributed by atoms with van der Waals surface area (Å²) in [5, 5.41) is 4.92. The third kappa shape index (κ3) is 3.63. The summed E-state index contributed by atoms with van der Waals surface area (Å²) in [5.74, 6) is -0.0694. The molecule has 0 bridgehead atoms. The highest BCUT2D eigenvalue weighted by atomic mass is 35.5. The van der Waals surface area contributed by atoms with Crippen LogP contribution in [0.15, 0.2) is 87.7 Å². The highest BCUT2D eigenvalue weighted by Crippen LogP contribution is 2.35. The maximum atomic E-state index is 13.6. The van der Waals surface area contributed by atoms with Crippen molar-refractivity contribution in [2.75, 3.05) is 5.73 Å². The third-order valence-electron chi connectivity index (χ3n) is 5.32. The first-order chi connectivity index (χ1) is 15.9. The molecule has 0 radical (unpaired) electrons. The molecule has 0 unspecified atom stereocenters. The van der Waals surface area contributed by atoms with Crippen molar-refractivity contribution in [1.29, 1.82) is 0 Å². The molecule has 2 aromatic heterocycles. The molecule has 0 spiro atoms. The van der Waals surface area contributed by atoms with E-state index in [-0.39, 0.29) is 26.8 Å². The number of halogens is 1. The number of aryl methyl sites for hydroxylation is 1. The van der Waals surface area contributed by atoms with Gasteiger partial charge in [-0.3, -0.25) is 0 Å². The Morgan fingerprint density at radius 1 is 0.939 bits per heavy atom. The Morgan fingerprint density at radius 2 is 1.58 bits per heavy atom. The number of para-hydroxylation sites is 2. The highest BCUT2D eigenvalue weighted by Gasteiger charge is 2.30. The number of anilines is 1. The minimum atomic E-state index is -4.03. The lowest BCUT2D eigenvalue weighted by Gasteiger charge is -2.05. The highest BCUT2D eigenvalue weighted by molar-refractivity contribution is 7.92. The van der Waals surface area contributed by atoms with Crippen LogP contribution in [0.4, 0.5) is 5.82 Å². The van der Waals surface area contributed by atoms with Gasteiger partial charge in [0.25, 0.3) is 0 Å². The SMILES string of the molecule is Cc1ccccc1/C=N\n1c(N)c(S(=O)(=O)c2ccc(Cl)cc2)c2nc3ccccc3nc21. The third-order valence-corrected chi connectivity index (χ3v) is 7.41. The van der Waals surface area contributed by atoms with E-state index >= 15 is 0 Å². The van der Waals surface area contributed by atoms with Crippen LogP contribution in [0.1, 0.15) is 11.1 Å². The number of sulfone groups is 1. The predicted molar refractivity (Wildman–Crippen MR) is 131 cm³/mol. The second kappa shape index (κ2) is 7.99. The zero-order valence-corrected chi connectivity index (χ0v) is 19.0. The smallest absolute Gasteiger partial charge is 0.212 e. The fourth-order valence-corrected chi connectivity index (χ4v) is 5.20. The molecule has 2 heterocycles. The van der Waals surface area contributed by atoms with Gasteiger partial charge in [-0.1, -0.05) is 48.0 Å². The number of nitrogen functional groups attached to an aromatic ring is 1. The first-order valence-corrected chi connectivity index (χ1v) is 11.9. The lowest BCUT2D eigenvalue weighted by Crippen LogP contribution is -2.06. The molecular formula is C24H18ClN5O2S. The minimum Gasteiger partial charge on any atom is -0.382 e. The molecule has 33 heavy (non-hydrogen) atoms. The van der Waals surface area contributed by atoms with Crippen molar-refractivity contribution in [3.63, 3.8) is 0 Å². The summed E-state index contributed by atoms with van der Waals surface area (Å²) < 4.78 is 28.5. The predicted octanol–water partition coefficient (Wildman–Crippen LogP) is 4.84. The first kappa shape index (κ1) is 21.1. The number of aromatic nitrogens is 3. The van der Waals surface area contributed by atoms with Crippen LogP contribution in [0.2, 0.25) is 5.02 Å². The lowest BCUT2D eigenvalue weighted by molar-refractivity contribution is 0.597. The quantitative estimate of drug-likeness (QED) is 0.374. The van der Waals surface area contributed by atoms with Gasteiger partial charge in [0.05, 0.1) is 22.1 Å². The van der Waals surface area contributed by atoms with E-state index in [1.807, 2.05) is 43.3 Å². The second-order valence-corrected chi connectivity index (χ2v) is 9.79. The van der Waals surface area contributed by atoms with Crippen LogP contribution < -0.4 is 5.73 Å². The minimum absolute atomic E-state index is 0.0514. The molecular weight excluding hydrogens is 458 g/mol. The molecule has 164 valence electrons. The molecule has 0 aliphatic heterocycles. The van der Waals surface area contributed by atoms with Gasteiger partial charge >= 0.3 is 0 Å². The molecule has 5 aromatic rings. The normalized spacial score (nSPS) is 12.2. The van der Waals surface area contributed by atoms with Gasteiger partial charge < -0.3 is 5.73 Å². The van der Waals surface area contributed by atoms with Crippen LogP contribution in [0.5, 0.6) is 0 Å². The summed E-state index contributed by atoms with van der Waals surface area (Å²) >= 11 is 5.95. The molecule has 0 aliphatic rings. The Hall–Kier alpha value is -3.75. The van der Waals surface area contributed by atoms with Crippen molar-refractivity contribution in [3.8, 4) is 0 Å². The fraction of sp³-hybridized carbons (Fsp3) is 0.0417. The molecule has 2 N–H and O–H groups in total. The van der Waals surface area contributed by atoms with Crippen molar-refractivity contribution in [3.05, 3.63) is 88.9 Å². The van der Waals surface area contributed by atoms with Crippen LogP contribution >= 0.6 is 11.6 Å². The van der Waals surface area contributed by atoms with Gasteiger partial charge in [-0.25, -0.2) is 18.4 Å². The molecule has 0 amide bonds. The van der Waals surface area contributed by atoms with E-state index in [1.165, 1.54) is 28.9 Å². The number of hydrogen-bond acceptors (Lipinski definition) is 6. The first-order valence-electron chi connectivity index (χ1n) is 10.0. The van der Waals surface area contributed by atoms with Gasteiger partial charge in [0.2, 0.25) is 9.84 Å². The fourth-order valence-electron chi connectivity index (χ4n) is 3.59. The van der Waals surface area contributed by atoms with Crippen LogP contribution in [-0.2, 0) is 9.84 Å². The topological polar surface area (TPSA) is 103 Å². The maximum absolute atomic E-state index is 13.6. The number of benzene rings is 3. The second-order valence-electron chi connectivity index (χ2n) is 7.47. The van der Waals surface area contributed by atoms with Crippen molar-refractivity contribution < 1.29 is 8.42 Å². The van der Waals surface area contributed by atoms with Gasteiger partial charge in [0.15, 0.2) is 5.65 Å². The van der Waals surface area contributed by atoms with Crippen LogP contribution in [-0.4, -0.2) is 29.3 Å². The van der Waals surface area contributed by atoms with E-state index in [4.69, 9.17) is 17.3 Å². The van der Waals surface area contributed by atoms with Gasteiger partial charge in [0.1, 0.15) is 16.2 Å². The molecule has 0 fully saturated rings. The van der Waals surface area contributed by atoms with E-state index in [9.17, 15) is 8.42 Å². The average Bonchev–Trinajstić information content (AvgIpc) is 3.08. The van der Waals surface area contributed by atoms with E-state index in [2.05, 4.69) is 15.1 Å². The number of rotatable bonds is 4. The summed E-state index contributed by atoms with van der Waals surface area (Å²) in [4.78, 5) is 9.15. The van der Waals surface area contributed by atoms with Crippen LogP contribution in [0.25, 0.3) is 22.2 Å². The number of nitrogens with zero attached hydrogens (tertiary/aromatic N) is 4. The van der Waals surface area contributed by atoms with Gasteiger partial charge in [-0.05, 0) is 54.4 Å². The van der Waals surface area contributed by atoms with Crippen molar-refractivity contribution >= 4 is 55.7 Å². The lowest BCUT2D eigenvalue weighted by atomic mass is 10.1. The number of hydrogen-bond donors (Lipinski definition) is 1. The van der Waals surface area contributed by atoms with Gasteiger partial charge in [-0.15, -0.1) is 0 Å². The number of nitrogens with two attached hydrogens (primary N) is 1. The molecule has 0 atom stereocenters. The molecule has 0 aliphatic carbocycles. The molecule has 9 heteroatoms. The maximum Gasteiger partial charge on any atom is 0.212 e. The summed E-state index contributed by atoms with van der Waals surface area (Å²) in [6.07, 6.45) is 1.63. The Balaban J connectivity index is 1.81. The average molecular weight is 476 g/mol. The van der Waals surface area contributed by atoms with Crippen molar-refractivity contribution in [1.82, 2.24) is 14.6 Å². The molecule has 7 nitrogen and oxygen atoms in total. The molecule has 5 rings (SSSR count). The van der Waals surface area contributed by atoms with E-state index in [1.54, 1.807) is 18.3 Å². The standard InChI is InChI=1S/C24H18ClN5O2S/c1-15-6-2-3-7-16(15)14-27-30-23(26)22(33(31,32)18-12-10-17(25)11-13-18)21-24(30)29-20-9-5-4-8-19(20)28-21/h2-14H,26H2,1H3/b27-14-. The summed E-state index contributed by atoms with van der Waals surface area (Å²) in [6, 6.07) is 20.8. The largest absolute Gasteiger partial charge is 0.382 e. The Bertz CT molecular complexity index is 1660. The van der Waals surface area contributed by atoms with E-state index < -0.39 is 9.84 Å².